The van der Waals surface area contributed by atoms with Gasteiger partial charge in [0.2, 0.25) is 0 Å². The standard InChI is InChI=1S/C63H102O5/c1-3-5-7-9-11-13-15-17-18-19-20-21-22-23-24-25-26-27-28-29-30-31-32-33-34-35-36-37-38-39-40-41-42-43-44-46-48-50-52-54-56-58-63(66)68-61(59-64)60-67-62(65)57-55-53-51-49-47-45-16-14-12-10-8-6-4-2/h5-8,11-14,17-18,20-21,23-24,26-27,29-30,45,47,51,53,61,64H,3-4,9-10,15-16,19,22,25,28,31-44,46,48-50,52,54-60H2,1-2H3/b7-5-,8-6-,13-11-,14-12-,18-17-,21-20-,24-23-,27-26-,30-29-,47-45-,53-51-. The molecule has 0 aromatic heterocycles. The molecular formula is C63H102O5. The maximum atomic E-state index is 12.3. The van der Waals surface area contributed by atoms with Gasteiger partial charge in [-0.3, -0.25) is 9.59 Å². The Morgan fingerprint density at radius 2 is 0.618 bits per heavy atom. The van der Waals surface area contributed by atoms with E-state index >= 15 is 0 Å². The van der Waals surface area contributed by atoms with Gasteiger partial charge in [-0.2, -0.15) is 0 Å². The van der Waals surface area contributed by atoms with Crippen molar-refractivity contribution in [3.8, 4) is 0 Å². The minimum absolute atomic E-state index is 0.108. The zero-order valence-corrected chi connectivity index (χ0v) is 43.8. The number of hydrogen-bond acceptors (Lipinski definition) is 5. The van der Waals surface area contributed by atoms with Gasteiger partial charge in [-0.1, -0.05) is 257 Å². The molecule has 1 unspecified atom stereocenters. The van der Waals surface area contributed by atoms with E-state index in [0.29, 0.717) is 12.8 Å². The molecular weight excluding hydrogens is 837 g/mol. The summed E-state index contributed by atoms with van der Waals surface area (Å²) < 4.78 is 10.6. The van der Waals surface area contributed by atoms with Crippen LogP contribution in [0.25, 0.3) is 0 Å². The van der Waals surface area contributed by atoms with Crippen LogP contribution in [0.2, 0.25) is 0 Å². The summed E-state index contributed by atoms with van der Waals surface area (Å²) in [6.07, 6.45) is 86.0. The van der Waals surface area contributed by atoms with Crippen molar-refractivity contribution in [3.63, 3.8) is 0 Å². The van der Waals surface area contributed by atoms with E-state index in [4.69, 9.17) is 9.47 Å². The fraction of sp³-hybridized carbons (Fsp3) is 0.619. The van der Waals surface area contributed by atoms with E-state index in [1.165, 1.54) is 109 Å². The number of aliphatic hydroxyl groups is 1. The lowest BCUT2D eigenvalue weighted by Gasteiger charge is -2.15. The predicted molar refractivity (Wildman–Crippen MR) is 297 cm³/mol. The van der Waals surface area contributed by atoms with Gasteiger partial charge in [-0.15, -0.1) is 0 Å². The van der Waals surface area contributed by atoms with Crippen molar-refractivity contribution < 1.29 is 24.2 Å². The van der Waals surface area contributed by atoms with E-state index in [1.54, 1.807) is 0 Å². The molecule has 0 aliphatic rings. The third kappa shape index (κ3) is 54.6. The molecule has 0 bridgehead atoms. The third-order valence-corrected chi connectivity index (χ3v) is 11.5. The van der Waals surface area contributed by atoms with Crippen molar-refractivity contribution >= 4 is 11.9 Å². The molecule has 0 fully saturated rings. The van der Waals surface area contributed by atoms with Gasteiger partial charge in [0.1, 0.15) is 6.61 Å². The number of carbonyl (C=O) groups is 2. The zero-order chi connectivity index (χ0) is 49.2. The SMILES string of the molecule is CC/C=C\C/C=C\C/C=C\C/C=C\C/C=C\C/C=C\C/C=C\CCCCCCCCCCCCCCCCCCCCCC(=O)OC(CO)COC(=O)CC/C=C\C/C=C\C/C=C\C/C=C\CC. The van der Waals surface area contributed by atoms with Gasteiger partial charge in [0.15, 0.2) is 6.10 Å². The first-order valence-corrected chi connectivity index (χ1v) is 27.7. The molecule has 0 radical (unpaired) electrons. The smallest absolute Gasteiger partial charge is 0.306 e. The Morgan fingerprint density at radius 3 is 0.941 bits per heavy atom. The lowest BCUT2D eigenvalue weighted by Crippen LogP contribution is -2.28. The summed E-state index contributed by atoms with van der Waals surface area (Å²) in [7, 11) is 0. The Bertz CT molecular complexity index is 1430. The van der Waals surface area contributed by atoms with Crippen LogP contribution in [-0.4, -0.2) is 36.4 Å². The van der Waals surface area contributed by atoms with Crippen molar-refractivity contribution in [3.05, 3.63) is 134 Å². The summed E-state index contributed by atoms with van der Waals surface area (Å²) in [5.74, 6) is -0.688. The van der Waals surface area contributed by atoms with Crippen molar-refractivity contribution in [1.29, 1.82) is 0 Å². The maximum Gasteiger partial charge on any atom is 0.306 e. The van der Waals surface area contributed by atoms with Crippen LogP contribution in [0.4, 0.5) is 0 Å². The maximum absolute atomic E-state index is 12.3. The second-order valence-electron chi connectivity index (χ2n) is 17.9. The Morgan fingerprint density at radius 1 is 0.338 bits per heavy atom. The number of allylic oxidation sites excluding steroid dienone is 22. The second kappa shape index (κ2) is 57.4. The van der Waals surface area contributed by atoms with Crippen LogP contribution in [0.3, 0.4) is 0 Å². The quantitative estimate of drug-likeness (QED) is 0.0374. The second-order valence-corrected chi connectivity index (χ2v) is 17.9. The molecule has 1 atom stereocenters. The Kier molecular flexibility index (Phi) is 54.0. The predicted octanol–water partition coefficient (Wildman–Crippen LogP) is 18.9. The molecule has 5 nitrogen and oxygen atoms in total. The fourth-order valence-electron chi connectivity index (χ4n) is 7.37. The molecule has 0 aromatic rings. The monoisotopic (exact) mass is 939 g/mol. The zero-order valence-electron chi connectivity index (χ0n) is 43.8. The molecule has 5 heteroatoms. The lowest BCUT2D eigenvalue weighted by atomic mass is 10.0. The van der Waals surface area contributed by atoms with Crippen molar-refractivity contribution in [2.45, 2.75) is 238 Å². The van der Waals surface area contributed by atoms with Crippen molar-refractivity contribution in [1.82, 2.24) is 0 Å². The van der Waals surface area contributed by atoms with E-state index in [-0.39, 0.29) is 31.6 Å². The molecule has 0 saturated carbocycles. The molecule has 0 spiro atoms. The number of rotatable bonds is 49. The summed E-state index contributed by atoms with van der Waals surface area (Å²) in [5.41, 5.74) is 0. The highest BCUT2D eigenvalue weighted by atomic mass is 16.6. The molecule has 1 N–H and O–H groups in total. The van der Waals surface area contributed by atoms with E-state index in [2.05, 4.69) is 135 Å². The highest BCUT2D eigenvalue weighted by Crippen LogP contribution is 2.16. The van der Waals surface area contributed by atoms with Gasteiger partial charge in [-0.25, -0.2) is 0 Å². The van der Waals surface area contributed by atoms with Crippen LogP contribution < -0.4 is 0 Å². The van der Waals surface area contributed by atoms with Gasteiger partial charge < -0.3 is 14.6 Å². The summed E-state index contributed by atoms with van der Waals surface area (Å²) in [4.78, 5) is 24.3. The minimum Gasteiger partial charge on any atom is -0.462 e. The first kappa shape index (κ1) is 64.0. The fourth-order valence-corrected chi connectivity index (χ4v) is 7.37. The Hall–Kier alpha value is -3.96. The molecule has 0 rings (SSSR count). The van der Waals surface area contributed by atoms with Crippen LogP contribution >= 0.6 is 0 Å². The summed E-state index contributed by atoms with van der Waals surface area (Å²) >= 11 is 0. The van der Waals surface area contributed by atoms with Gasteiger partial charge in [0.25, 0.3) is 0 Å². The molecule has 0 saturated heterocycles. The first-order valence-electron chi connectivity index (χ1n) is 27.7. The van der Waals surface area contributed by atoms with Gasteiger partial charge in [0.05, 0.1) is 6.61 Å². The number of esters is 2. The van der Waals surface area contributed by atoms with Crippen LogP contribution in [0.5, 0.6) is 0 Å². The number of hydrogen-bond donors (Lipinski definition) is 1. The summed E-state index contributed by atoms with van der Waals surface area (Å²) in [5, 5.41) is 9.60. The van der Waals surface area contributed by atoms with Crippen LogP contribution in [-0.2, 0) is 19.1 Å². The van der Waals surface area contributed by atoms with Gasteiger partial charge >= 0.3 is 11.9 Å². The number of carbonyl (C=O) groups excluding carboxylic acids is 2. The van der Waals surface area contributed by atoms with E-state index < -0.39 is 6.10 Å². The van der Waals surface area contributed by atoms with Crippen LogP contribution in [0, 0.1) is 0 Å². The molecule has 0 heterocycles. The molecule has 0 amide bonds. The highest BCUT2D eigenvalue weighted by Gasteiger charge is 2.16. The minimum atomic E-state index is -0.806. The summed E-state index contributed by atoms with van der Waals surface area (Å²) in [6.45, 7) is 3.84. The Labute approximate surface area is 419 Å². The number of aliphatic hydroxyl groups excluding tert-OH is 1. The largest absolute Gasteiger partial charge is 0.462 e. The average molecular weight is 940 g/mol. The van der Waals surface area contributed by atoms with Crippen LogP contribution in [0.15, 0.2) is 134 Å². The van der Waals surface area contributed by atoms with Gasteiger partial charge in [-0.05, 0) is 96.3 Å². The number of unbranched alkanes of at least 4 members (excludes halogenated alkanes) is 19. The lowest BCUT2D eigenvalue weighted by molar-refractivity contribution is -0.161. The molecule has 0 aliphatic heterocycles. The van der Waals surface area contributed by atoms with Crippen molar-refractivity contribution in [2.24, 2.45) is 0 Å². The van der Waals surface area contributed by atoms with E-state index in [9.17, 15) is 14.7 Å². The molecule has 384 valence electrons. The average Bonchev–Trinajstić information content (AvgIpc) is 3.34. The molecule has 0 aliphatic carbocycles. The highest BCUT2D eigenvalue weighted by molar-refractivity contribution is 5.70. The molecule has 0 aromatic carbocycles. The van der Waals surface area contributed by atoms with E-state index in [1.807, 2.05) is 12.2 Å². The first-order chi connectivity index (χ1) is 33.6. The topological polar surface area (TPSA) is 72.8 Å². The van der Waals surface area contributed by atoms with Gasteiger partial charge in [0, 0.05) is 12.8 Å². The third-order valence-electron chi connectivity index (χ3n) is 11.5. The summed E-state index contributed by atoms with van der Waals surface area (Å²) in [6, 6.07) is 0. The van der Waals surface area contributed by atoms with Crippen molar-refractivity contribution in [2.75, 3.05) is 13.2 Å². The number of ether oxygens (including phenoxy) is 2. The van der Waals surface area contributed by atoms with Crippen LogP contribution in [0.1, 0.15) is 232 Å². The molecule has 68 heavy (non-hydrogen) atoms. The normalized spacial score (nSPS) is 13.3. The van der Waals surface area contributed by atoms with E-state index in [0.717, 1.165) is 89.9 Å². The Balaban J connectivity index is 3.50.